The minimum absolute atomic E-state index is 0.0763. The number of cyclic esters (lactones) is 1. The van der Waals surface area contributed by atoms with Crippen LogP contribution < -0.4 is 9.64 Å². The molecule has 132 valence electrons. The Bertz CT molecular complexity index is 937. The van der Waals surface area contributed by atoms with Gasteiger partial charge in [-0.25, -0.2) is 4.79 Å². The third kappa shape index (κ3) is 2.74. The molecule has 4 rings (SSSR count). The van der Waals surface area contributed by atoms with E-state index in [0.29, 0.717) is 27.7 Å². The second kappa shape index (κ2) is 6.50. The number of ether oxygens (including phenoxy) is 2. The van der Waals surface area contributed by atoms with Gasteiger partial charge in [0.15, 0.2) is 0 Å². The molecular formula is C20H16ClNO4. The van der Waals surface area contributed by atoms with Crippen molar-refractivity contribution in [2.24, 2.45) is 0 Å². The van der Waals surface area contributed by atoms with Gasteiger partial charge in [0, 0.05) is 17.4 Å². The van der Waals surface area contributed by atoms with E-state index in [9.17, 15) is 9.59 Å². The van der Waals surface area contributed by atoms with Crippen LogP contribution in [0.2, 0.25) is 5.02 Å². The van der Waals surface area contributed by atoms with Crippen LogP contribution in [0.4, 0.5) is 5.69 Å². The smallest absolute Gasteiger partial charge is 0.336 e. The number of nitrogens with zero attached hydrogens (tertiary/aromatic N) is 1. The number of carbonyl (C=O) groups is 2. The van der Waals surface area contributed by atoms with Crippen LogP contribution in [0.25, 0.3) is 0 Å². The predicted octanol–water partition coefficient (Wildman–Crippen LogP) is 3.68. The van der Waals surface area contributed by atoms with Crippen LogP contribution in [0.5, 0.6) is 5.75 Å². The van der Waals surface area contributed by atoms with E-state index in [0.717, 1.165) is 5.56 Å². The molecule has 0 aliphatic carbocycles. The van der Waals surface area contributed by atoms with Gasteiger partial charge in [0.25, 0.3) is 0 Å². The van der Waals surface area contributed by atoms with Gasteiger partial charge in [0.05, 0.1) is 24.1 Å². The lowest BCUT2D eigenvalue weighted by Crippen LogP contribution is -2.37. The molecular weight excluding hydrogens is 354 g/mol. The first-order valence-electron chi connectivity index (χ1n) is 8.21. The van der Waals surface area contributed by atoms with Crippen molar-refractivity contribution in [1.82, 2.24) is 0 Å². The summed E-state index contributed by atoms with van der Waals surface area (Å²) >= 11 is 6.08. The SMILES string of the molecule is COc1cccc([C@@H]2CC(=O)N(c3cccc(Cl)c3)C3=C2C(=O)OC3)c1. The number of carbonyl (C=O) groups excluding carboxylic acids is 2. The Balaban J connectivity index is 1.83. The molecule has 1 amide bonds. The number of methoxy groups -OCH3 is 1. The Morgan fingerprint density at radius 1 is 1.15 bits per heavy atom. The zero-order valence-corrected chi connectivity index (χ0v) is 14.8. The first-order chi connectivity index (χ1) is 12.6. The largest absolute Gasteiger partial charge is 0.497 e. The molecule has 26 heavy (non-hydrogen) atoms. The van der Waals surface area contributed by atoms with Gasteiger partial charge in [-0.1, -0.05) is 29.8 Å². The topological polar surface area (TPSA) is 55.8 Å². The lowest BCUT2D eigenvalue weighted by Gasteiger charge is -2.32. The fraction of sp³-hybridized carbons (Fsp3) is 0.200. The molecule has 0 unspecified atom stereocenters. The molecule has 2 aliphatic rings. The number of hydrogen-bond donors (Lipinski definition) is 0. The third-order valence-corrected chi connectivity index (χ3v) is 4.91. The van der Waals surface area contributed by atoms with E-state index in [1.54, 1.807) is 36.3 Å². The molecule has 0 fully saturated rings. The Morgan fingerprint density at radius 2 is 1.96 bits per heavy atom. The van der Waals surface area contributed by atoms with Crippen LogP contribution >= 0.6 is 11.6 Å². The highest BCUT2D eigenvalue weighted by Crippen LogP contribution is 2.42. The summed E-state index contributed by atoms with van der Waals surface area (Å²) in [6, 6.07) is 14.4. The van der Waals surface area contributed by atoms with Gasteiger partial charge in [-0.2, -0.15) is 0 Å². The number of hydrogen-bond acceptors (Lipinski definition) is 4. The summed E-state index contributed by atoms with van der Waals surface area (Å²) in [4.78, 5) is 26.9. The Hall–Kier alpha value is -2.79. The molecule has 0 aromatic heterocycles. The minimum atomic E-state index is -0.382. The summed E-state index contributed by atoms with van der Waals surface area (Å²) in [5.41, 5.74) is 2.60. The first-order valence-corrected chi connectivity index (χ1v) is 8.59. The maximum atomic E-state index is 12.9. The highest BCUT2D eigenvalue weighted by atomic mass is 35.5. The molecule has 0 spiro atoms. The van der Waals surface area contributed by atoms with E-state index in [1.165, 1.54) is 0 Å². The van der Waals surface area contributed by atoms with Crippen molar-refractivity contribution in [3.05, 3.63) is 70.4 Å². The zero-order valence-electron chi connectivity index (χ0n) is 14.1. The van der Waals surface area contributed by atoms with E-state index in [4.69, 9.17) is 21.1 Å². The highest BCUT2D eigenvalue weighted by Gasteiger charge is 2.43. The summed E-state index contributed by atoms with van der Waals surface area (Å²) in [6.07, 6.45) is 0.174. The van der Waals surface area contributed by atoms with Crippen molar-refractivity contribution in [3.63, 3.8) is 0 Å². The molecule has 0 bridgehead atoms. The van der Waals surface area contributed by atoms with Gasteiger partial charge in [0.1, 0.15) is 12.4 Å². The van der Waals surface area contributed by atoms with Gasteiger partial charge in [-0.15, -0.1) is 0 Å². The number of halogens is 1. The summed E-state index contributed by atoms with van der Waals surface area (Å²) < 4.78 is 10.5. The molecule has 1 atom stereocenters. The van der Waals surface area contributed by atoms with Gasteiger partial charge >= 0.3 is 5.97 Å². The lowest BCUT2D eigenvalue weighted by molar-refractivity contribution is -0.136. The van der Waals surface area contributed by atoms with Crippen LogP contribution in [0.3, 0.4) is 0 Å². The van der Waals surface area contributed by atoms with Crippen molar-refractivity contribution < 1.29 is 19.1 Å². The fourth-order valence-electron chi connectivity index (χ4n) is 3.51. The Morgan fingerprint density at radius 3 is 2.73 bits per heavy atom. The quantitative estimate of drug-likeness (QED) is 0.774. The fourth-order valence-corrected chi connectivity index (χ4v) is 3.70. The van der Waals surface area contributed by atoms with E-state index >= 15 is 0 Å². The number of amides is 1. The second-order valence-corrected chi connectivity index (χ2v) is 6.62. The molecule has 6 heteroatoms. The minimum Gasteiger partial charge on any atom is -0.497 e. The van der Waals surface area contributed by atoms with Crippen LogP contribution in [0.1, 0.15) is 17.9 Å². The molecule has 2 aromatic carbocycles. The van der Waals surface area contributed by atoms with Crippen LogP contribution in [-0.4, -0.2) is 25.6 Å². The molecule has 0 N–H and O–H groups in total. The van der Waals surface area contributed by atoms with E-state index < -0.39 is 0 Å². The van der Waals surface area contributed by atoms with Crippen molar-refractivity contribution >= 4 is 29.2 Å². The third-order valence-electron chi connectivity index (χ3n) is 4.68. The zero-order chi connectivity index (χ0) is 18.3. The van der Waals surface area contributed by atoms with E-state index in [2.05, 4.69) is 0 Å². The number of esters is 1. The van der Waals surface area contributed by atoms with Crippen molar-refractivity contribution in [2.45, 2.75) is 12.3 Å². The number of benzene rings is 2. The van der Waals surface area contributed by atoms with Crippen molar-refractivity contribution in [3.8, 4) is 5.75 Å². The average molecular weight is 370 g/mol. The molecule has 2 aromatic rings. The summed E-state index contributed by atoms with van der Waals surface area (Å²) in [7, 11) is 1.58. The van der Waals surface area contributed by atoms with Gasteiger partial charge < -0.3 is 9.47 Å². The number of anilines is 1. The summed E-state index contributed by atoms with van der Waals surface area (Å²) in [6.45, 7) is 0.0763. The van der Waals surface area contributed by atoms with Gasteiger partial charge in [-0.05, 0) is 35.9 Å². The summed E-state index contributed by atoms with van der Waals surface area (Å²) in [5.74, 6) is -0.150. The predicted molar refractivity (Wildman–Crippen MR) is 97.3 cm³/mol. The number of rotatable bonds is 3. The highest BCUT2D eigenvalue weighted by molar-refractivity contribution is 6.31. The Kier molecular flexibility index (Phi) is 4.17. The molecule has 0 radical (unpaired) electrons. The van der Waals surface area contributed by atoms with E-state index in [1.807, 2.05) is 24.3 Å². The van der Waals surface area contributed by atoms with Crippen LogP contribution in [0.15, 0.2) is 59.8 Å². The normalized spacial score (nSPS) is 19.5. The molecule has 0 saturated heterocycles. The maximum Gasteiger partial charge on any atom is 0.336 e. The van der Waals surface area contributed by atoms with Crippen LogP contribution in [-0.2, 0) is 14.3 Å². The van der Waals surface area contributed by atoms with E-state index in [-0.39, 0.29) is 30.8 Å². The first kappa shape index (κ1) is 16.7. The Labute approximate surface area is 155 Å². The standard InChI is InChI=1S/C20H16ClNO4/c1-25-15-7-2-4-12(8-15)16-10-18(23)22(14-6-3-5-13(21)9-14)17-11-26-20(24)19(16)17/h2-9,16H,10-11H2,1H3/t16-/m0/s1. The monoisotopic (exact) mass is 369 g/mol. The molecule has 5 nitrogen and oxygen atoms in total. The maximum absolute atomic E-state index is 12.9. The molecule has 2 heterocycles. The van der Waals surface area contributed by atoms with Gasteiger partial charge in [-0.3, -0.25) is 9.69 Å². The molecule has 0 saturated carbocycles. The van der Waals surface area contributed by atoms with Crippen LogP contribution in [0, 0.1) is 0 Å². The molecule has 2 aliphatic heterocycles. The van der Waals surface area contributed by atoms with Crippen molar-refractivity contribution in [2.75, 3.05) is 18.6 Å². The summed E-state index contributed by atoms with van der Waals surface area (Å²) in [5, 5.41) is 0.526. The second-order valence-electron chi connectivity index (χ2n) is 6.18. The van der Waals surface area contributed by atoms with Crippen molar-refractivity contribution in [1.29, 1.82) is 0 Å². The lowest BCUT2D eigenvalue weighted by atomic mass is 9.84. The average Bonchev–Trinajstić information content (AvgIpc) is 3.02. The van der Waals surface area contributed by atoms with Gasteiger partial charge in [0.2, 0.25) is 5.91 Å².